The Hall–Kier alpha value is -1.64. The fourth-order valence-electron chi connectivity index (χ4n) is 1.38. The Kier molecular flexibility index (Phi) is 1.65. The van der Waals surface area contributed by atoms with Crippen LogP contribution in [0.25, 0.3) is 10.9 Å². The Morgan fingerprint density at radius 3 is 2.92 bits per heavy atom. The van der Waals surface area contributed by atoms with Crippen LogP contribution in [0.1, 0.15) is 5.56 Å². The van der Waals surface area contributed by atoms with E-state index in [2.05, 4.69) is 4.98 Å². The number of aromatic nitrogens is 1. The molecule has 0 saturated carbocycles. The molecule has 2 rings (SSSR count). The fourth-order valence-corrected chi connectivity index (χ4v) is 1.38. The third-order valence-corrected chi connectivity index (χ3v) is 2.08. The van der Waals surface area contributed by atoms with Crippen LogP contribution in [0, 0.1) is 12.7 Å². The van der Waals surface area contributed by atoms with E-state index >= 15 is 0 Å². The van der Waals surface area contributed by atoms with Crippen LogP contribution in [0.4, 0.5) is 4.39 Å². The van der Waals surface area contributed by atoms with Crippen LogP contribution in [0.5, 0.6) is 0 Å². The molecular weight excluding hydrogens is 169 g/mol. The van der Waals surface area contributed by atoms with Gasteiger partial charge in [0, 0.05) is 11.6 Å². The van der Waals surface area contributed by atoms with E-state index in [1.165, 1.54) is 0 Å². The molecular formula is C10H8FNO. The molecule has 0 saturated heterocycles. The van der Waals surface area contributed by atoms with E-state index in [0.29, 0.717) is 10.9 Å². The number of hydrogen-bond donors (Lipinski definition) is 1. The number of H-pyrrole nitrogens is 1. The lowest BCUT2D eigenvalue weighted by molar-refractivity contribution is 0.614. The van der Waals surface area contributed by atoms with Gasteiger partial charge in [-0.2, -0.15) is 0 Å². The third-order valence-electron chi connectivity index (χ3n) is 2.08. The lowest BCUT2D eigenvalue weighted by atomic mass is 10.1. The van der Waals surface area contributed by atoms with Crippen molar-refractivity contribution in [3.63, 3.8) is 0 Å². The second-order valence-corrected chi connectivity index (χ2v) is 2.96. The summed E-state index contributed by atoms with van der Waals surface area (Å²) in [6.07, 6.45) is 1.09. The number of aromatic amines is 1. The summed E-state index contributed by atoms with van der Waals surface area (Å²) in [5.41, 5.74) is 1.10. The normalized spacial score (nSPS) is 10.6. The van der Waals surface area contributed by atoms with Crippen molar-refractivity contribution in [2.45, 2.75) is 6.92 Å². The van der Waals surface area contributed by atoms with Gasteiger partial charge in [-0.05, 0) is 18.6 Å². The average Bonchev–Trinajstić information content (AvgIpc) is 2.12. The van der Waals surface area contributed by atoms with Gasteiger partial charge >= 0.3 is 0 Å². The second-order valence-electron chi connectivity index (χ2n) is 2.96. The summed E-state index contributed by atoms with van der Waals surface area (Å²) >= 11 is 0. The Morgan fingerprint density at radius 1 is 1.38 bits per heavy atom. The first kappa shape index (κ1) is 7.98. The first-order chi connectivity index (χ1) is 6.20. The Balaban J connectivity index is 3.03. The first-order valence-corrected chi connectivity index (χ1v) is 3.96. The van der Waals surface area contributed by atoms with Crippen molar-refractivity contribution >= 4 is 10.9 Å². The molecule has 1 N–H and O–H groups in total. The Morgan fingerprint density at radius 2 is 2.15 bits per heavy atom. The van der Waals surface area contributed by atoms with Gasteiger partial charge in [0.1, 0.15) is 0 Å². The lowest BCUT2D eigenvalue weighted by Crippen LogP contribution is -2.07. The molecule has 0 radical (unpaired) electrons. The monoisotopic (exact) mass is 177 g/mol. The van der Waals surface area contributed by atoms with E-state index in [1.807, 2.05) is 13.0 Å². The Bertz CT molecular complexity index is 516. The van der Waals surface area contributed by atoms with Gasteiger partial charge in [0.25, 0.3) is 0 Å². The summed E-state index contributed by atoms with van der Waals surface area (Å²) in [6.45, 7) is 1.87. The lowest BCUT2D eigenvalue weighted by Gasteiger charge is -2.00. The fraction of sp³-hybridized carbons (Fsp3) is 0.100. The average molecular weight is 177 g/mol. The molecule has 66 valence electrons. The molecule has 0 unspecified atom stereocenters. The number of aryl methyl sites for hydroxylation is 1. The standard InChI is InChI=1S/C10H8FNO/c1-6-3-2-4-7-9(6)12-5-8(11)10(7)13/h2-5H,1H3,(H,12,13). The summed E-state index contributed by atoms with van der Waals surface area (Å²) in [5, 5.41) is 0.403. The molecule has 3 heteroatoms. The highest BCUT2D eigenvalue weighted by atomic mass is 19.1. The minimum atomic E-state index is -0.738. The number of fused-ring (bicyclic) bond motifs is 1. The highest BCUT2D eigenvalue weighted by Crippen LogP contribution is 2.11. The molecule has 13 heavy (non-hydrogen) atoms. The van der Waals surface area contributed by atoms with Gasteiger partial charge in [0.15, 0.2) is 5.82 Å². The van der Waals surface area contributed by atoms with Crippen LogP contribution >= 0.6 is 0 Å². The van der Waals surface area contributed by atoms with E-state index in [9.17, 15) is 9.18 Å². The number of benzene rings is 1. The van der Waals surface area contributed by atoms with E-state index < -0.39 is 11.2 Å². The number of para-hydroxylation sites is 1. The molecule has 1 aromatic heterocycles. The predicted molar refractivity (Wildman–Crippen MR) is 49.3 cm³/mol. The summed E-state index contributed by atoms with van der Waals surface area (Å²) in [5.74, 6) is -0.738. The quantitative estimate of drug-likeness (QED) is 0.655. The zero-order valence-electron chi connectivity index (χ0n) is 7.10. The van der Waals surface area contributed by atoms with Gasteiger partial charge in [0.2, 0.25) is 5.43 Å². The SMILES string of the molecule is Cc1cccc2c(=O)c(F)c[nH]c12. The zero-order chi connectivity index (χ0) is 9.42. The molecule has 0 fully saturated rings. The van der Waals surface area contributed by atoms with Crippen LogP contribution in [0.3, 0.4) is 0 Å². The van der Waals surface area contributed by atoms with Gasteiger partial charge in [-0.1, -0.05) is 12.1 Å². The maximum absolute atomic E-state index is 12.8. The topological polar surface area (TPSA) is 32.9 Å². The third kappa shape index (κ3) is 1.13. The van der Waals surface area contributed by atoms with Gasteiger partial charge in [-0.25, -0.2) is 4.39 Å². The zero-order valence-corrected chi connectivity index (χ0v) is 7.10. The highest BCUT2D eigenvalue weighted by molar-refractivity contribution is 5.81. The number of halogens is 1. The van der Waals surface area contributed by atoms with E-state index in [-0.39, 0.29) is 0 Å². The van der Waals surface area contributed by atoms with Crippen LogP contribution < -0.4 is 5.43 Å². The molecule has 2 aromatic rings. The summed E-state index contributed by atoms with van der Waals surface area (Å²) < 4.78 is 12.8. The van der Waals surface area contributed by atoms with Gasteiger partial charge in [-0.3, -0.25) is 4.79 Å². The van der Waals surface area contributed by atoms with Crippen molar-refractivity contribution in [3.8, 4) is 0 Å². The summed E-state index contributed by atoms with van der Waals surface area (Å²) in [7, 11) is 0. The van der Waals surface area contributed by atoms with Gasteiger partial charge < -0.3 is 4.98 Å². The second kappa shape index (κ2) is 2.69. The Labute approximate surface area is 74.0 Å². The smallest absolute Gasteiger partial charge is 0.224 e. The van der Waals surface area contributed by atoms with Crippen molar-refractivity contribution in [2.24, 2.45) is 0 Å². The maximum Gasteiger partial charge on any atom is 0.224 e. The summed E-state index contributed by atoms with van der Waals surface area (Å²) in [4.78, 5) is 14.0. The minimum Gasteiger partial charge on any atom is -0.358 e. The van der Waals surface area contributed by atoms with Crippen LogP contribution in [0.15, 0.2) is 29.2 Å². The number of nitrogens with one attached hydrogen (secondary N) is 1. The summed E-state index contributed by atoms with van der Waals surface area (Å²) in [6, 6.07) is 5.23. The van der Waals surface area contributed by atoms with Gasteiger partial charge in [0.05, 0.1) is 5.52 Å². The molecule has 0 spiro atoms. The highest BCUT2D eigenvalue weighted by Gasteiger charge is 2.04. The van der Waals surface area contributed by atoms with Crippen LogP contribution in [0.2, 0.25) is 0 Å². The molecule has 0 aliphatic carbocycles. The number of rotatable bonds is 0. The van der Waals surface area contributed by atoms with E-state index in [0.717, 1.165) is 11.8 Å². The minimum absolute atomic E-state index is 0.403. The largest absolute Gasteiger partial charge is 0.358 e. The van der Waals surface area contributed by atoms with Crippen molar-refractivity contribution < 1.29 is 4.39 Å². The van der Waals surface area contributed by atoms with Gasteiger partial charge in [-0.15, -0.1) is 0 Å². The van der Waals surface area contributed by atoms with Crippen molar-refractivity contribution in [1.29, 1.82) is 0 Å². The molecule has 2 nitrogen and oxygen atoms in total. The molecule has 1 aromatic carbocycles. The maximum atomic E-state index is 12.8. The molecule has 0 atom stereocenters. The van der Waals surface area contributed by atoms with E-state index in [4.69, 9.17) is 0 Å². The van der Waals surface area contributed by atoms with E-state index in [1.54, 1.807) is 12.1 Å². The molecule has 0 aliphatic rings. The van der Waals surface area contributed by atoms with Crippen molar-refractivity contribution in [3.05, 3.63) is 46.0 Å². The molecule has 0 bridgehead atoms. The van der Waals surface area contributed by atoms with Crippen molar-refractivity contribution in [2.75, 3.05) is 0 Å². The number of hydrogen-bond acceptors (Lipinski definition) is 1. The molecule has 0 aliphatic heterocycles. The number of pyridine rings is 1. The van der Waals surface area contributed by atoms with Crippen LogP contribution in [-0.2, 0) is 0 Å². The first-order valence-electron chi connectivity index (χ1n) is 3.96. The molecule has 0 amide bonds. The predicted octanol–water partition coefficient (Wildman–Crippen LogP) is 1.98. The van der Waals surface area contributed by atoms with Crippen molar-refractivity contribution in [1.82, 2.24) is 4.98 Å². The van der Waals surface area contributed by atoms with Crippen LogP contribution in [-0.4, -0.2) is 4.98 Å². The molecule has 1 heterocycles.